The number of hydrogen-bond donors (Lipinski definition) is 1. The Balaban J connectivity index is 2.65. The van der Waals surface area contributed by atoms with Crippen LogP contribution in [0.4, 0.5) is 4.39 Å². The van der Waals surface area contributed by atoms with Gasteiger partial charge >= 0.3 is 5.69 Å². The van der Waals surface area contributed by atoms with Gasteiger partial charge in [-0.1, -0.05) is 37.0 Å². The highest BCUT2D eigenvalue weighted by Gasteiger charge is 2.23. The second-order valence-corrected chi connectivity index (χ2v) is 6.56. The van der Waals surface area contributed by atoms with Gasteiger partial charge in [-0.25, -0.2) is 14.2 Å². The van der Waals surface area contributed by atoms with Crippen molar-refractivity contribution in [3.8, 4) is 5.69 Å². The van der Waals surface area contributed by atoms with E-state index in [1.54, 1.807) is 19.2 Å². The van der Waals surface area contributed by atoms with Crippen molar-refractivity contribution < 1.29 is 4.39 Å². The molecule has 0 aromatic carbocycles. The van der Waals surface area contributed by atoms with Crippen molar-refractivity contribution in [2.75, 3.05) is 0 Å². The van der Waals surface area contributed by atoms with Crippen LogP contribution in [0.2, 0.25) is 10.3 Å². The zero-order valence-electron chi connectivity index (χ0n) is 13.5. The molecule has 3 heterocycles. The number of H-pyrrole nitrogens is 1. The molecule has 0 saturated heterocycles. The molecule has 0 bridgehead atoms. The Bertz CT molecular complexity index is 1120. The van der Waals surface area contributed by atoms with E-state index >= 15 is 0 Å². The molecule has 0 spiro atoms. The molecule has 3 aromatic heterocycles. The first-order valence-electron chi connectivity index (χ1n) is 7.39. The third kappa shape index (κ3) is 2.73. The van der Waals surface area contributed by atoms with Gasteiger partial charge in [-0.3, -0.25) is 19.3 Å². The molecule has 3 aromatic rings. The Morgan fingerprint density at radius 2 is 1.92 bits per heavy atom. The molecule has 0 aliphatic rings. The number of nitrogens with zero attached hydrogens (tertiary/aromatic N) is 3. The minimum Gasteiger partial charge on any atom is -0.273 e. The van der Waals surface area contributed by atoms with Crippen molar-refractivity contribution in [3.05, 3.63) is 60.5 Å². The van der Waals surface area contributed by atoms with E-state index in [2.05, 4.69) is 15.0 Å². The standard InChI is InChI=1S/C16H13Cl2FN4O2/c1-6(2)10-11(7(3)4-5-20-10)23-12-8(15(24)22-16(23)25)13(17)21-14(18)9(12)19/h4-6H,1-3H3,(H,22,24,25). The van der Waals surface area contributed by atoms with Gasteiger partial charge in [0, 0.05) is 6.20 Å². The maximum atomic E-state index is 14.8. The van der Waals surface area contributed by atoms with Gasteiger partial charge < -0.3 is 0 Å². The fourth-order valence-electron chi connectivity index (χ4n) is 2.72. The normalized spacial score (nSPS) is 11.5. The molecule has 0 saturated carbocycles. The van der Waals surface area contributed by atoms with E-state index in [0.717, 1.165) is 4.57 Å². The molecule has 130 valence electrons. The minimum absolute atomic E-state index is 0.0559. The van der Waals surface area contributed by atoms with Crippen molar-refractivity contribution in [1.82, 2.24) is 19.5 Å². The van der Waals surface area contributed by atoms with Crippen molar-refractivity contribution in [1.29, 1.82) is 0 Å². The molecule has 0 fully saturated rings. The first kappa shape index (κ1) is 17.6. The molecular weight excluding hydrogens is 370 g/mol. The van der Waals surface area contributed by atoms with Gasteiger partial charge in [0.2, 0.25) is 0 Å². The molecule has 3 rings (SSSR count). The molecule has 0 aliphatic carbocycles. The molecule has 0 unspecified atom stereocenters. The SMILES string of the molecule is Cc1ccnc(C(C)C)c1-n1c(=O)[nH]c(=O)c2c(Cl)nc(Cl)c(F)c21. The molecule has 9 heteroatoms. The summed E-state index contributed by atoms with van der Waals surface area (Å²) in [5.41, 5.74) is -0.348. The summed E-state index contributed by atoms with van der Waals surface area (Å²) >= 11 is 11.8. The molecule has 0 aliphatic heterocycles. The quantitative estimate of drug-likeness (QED) is 0.689. The molecule has 6 nitrogen and oxygen atoms in total. The van der Waals surface area contributed by atoms with Crippen LogP contribution in [0, 0.1) is 12.7 Å². The third-order valence-electron chi connectivity index (χ3n) is 3.83. The van der Waals surface area contributed by atoms with E-state index in [0.29, 0.717) is 16.9 Å². The van der Waals surface area contributed by atoms with E-state index in [-0.39, 0.29) is 22.0 Å². The predicted molar refractivity (Wildman–Crippen MR) is 94.6 cm³/mol. The lowest BCUT2D eigenvalue weighted by Gasteiger charge is -2.18. The van der Waals surface area contributed by atoms with Crippen molar-refractivity contribution in [2.45, 2.75) is 26.7 Å². The first-order valence-corrected chi connectivity index (χ1v) is 8.15. The largest absolute Gasteiger partial charge is 0.333 e. The highest BCUT2D eigenvalue weighted by atomic mass is 35.5. The number of halogens is 3. The zero-order chi connectivity index (χ0) is 18.5. The second-order valence-electron chi connectivity index (χ2n) is 5.84. The van der Waals surface area contributed by atoms with Crippen LogP contribution in [-0.2, 0) is 0 Å². The van der Waals surface area contributed by atoms with E-state index < -0.39 is 22.2 Å². The molecular formula is C16H13Cl2FN4O2. The summed E-state index contributed by atoms with van der Waals surface area (Å²) in [7, 11) is 0. The molecule has 1 N–H and O–H groups in total. The lowest BCUT2D eigenvalue weighted by atomic mass is 10.0. The van der Waals surface area contributed by atoms with Crippen molar-refractivity contribution in [2.24, 2.45) is 0 Å². The van der Waals surface area contributed by atoms with Gasteiger partial charge in [-0.2, -0.15) is 0 Å². The van der Waals surface area contributed by atoms with Crippen LogP contribution < -0.4 is 11.2 Å². The monoisotopic (exact) mass is 382 g/mol. The number of aromatic nitrogens is 4. The van der Waals surface area contributed by atoms with Crippen LogP contribution >= 0.6 is 23.2 Å². The van der Waals surface area contributed by atoms with Gasteiger partial charge in [0.15, 0.2) is 11.0 Å². The number of pyridine rings is 2. The lowest BCUT2D eigenvalue weighted by Crippen LogP contribution is -2.31. The van der Waals surface area contributed by atoms with Crippen LogP contribution in [-0.4, -0.2) is 19.5 Å². The number of nitrogens with one attached hydrogen (secondary N) is 1. The molecule has 0 atom stereocenters. The maximum absolute atomic E-state index is 14.8. The second kappa shape index (κ2) is 6.24. The molecule has 0 radical (unpaired) electrons. The van der Waals surface area contributed by atoms with Crippen LogP contribution in [0.5, 0.6) is 0 Å². The van der Waals surface area contributed by atoms with Crippen LogP contribution in [0.3, 0.4) is 0 Å². The van der Waals surface area contributed by atoms with Crippen molar-refractivity contribution >= 4 is 34.1 Å². The van der Waals surface area contributed by atoms with Gasteiger partial charge in [0.05, 0.1) is 11.4 Å². The van der Waals surface area contributed by atoms with E-state index in [9.17, 15) is 14.0 Å². The minimum atomic E-state index is -0.998. The van der Waals surface area contributed by atoms with Gasteiger partial charge in [0.1, 0.15) is 16.1 Å². The van der Waals surface area contributed by atoms with E-state index in [1.165, 1.54) is 0 Å². The Kier molecular flexibility index (Phi) is 4.38. The number of fused-ring (bicyclic) bond motifs is 1. The topological polar surface area (TPSA) is 80.6 Å². The average molecular weight is 383 g/mol. The summed E-state index contributed by atoms with van der Waals surface area (Å²) in [5, 5.41) is -1.06. The summed E-state index contributed by atoms with van der Waals surface area (Å²) in [4.78, 5) is 34.8. The van der Waals surface area contributed by atoms with Crippen LogP contribution in [0.25, 0.3) is 16.6 Å². The summed E-state index contributed by atoms with van der Waals surface area (Å²) in [6.07, 6.45) is 1.60. The lowest BCUT2D eigenvalue weighted by molar-refractivity contribution is 0.625. The van der Waals surface area contributed by atoms with Gasteiger partial charge in [0.25, 0.3) is 5.56 Å². The van der Waals surface area contributed by atoms with Crippen LogP contribution in [0.15, 0.2) is 21.9 Å². The molecule has 0 amide bonds. The van der Waals surface area contributed by atoms with E-state index in [4.69, 9.17) is 23.2 Å². The maximum Gasteiger partial charge on any atom is 0.333 e. The fourth-order valence-corrected chi connectivity index (χ4v) is 3.20. The predicted octanol–water partition coefficient (Wildman–Crippen LogP) is 3.35. The summed E-state index contributed by atoms with van der Waals surface area (Å²) < 4.78 is 15.8. The Labute approximate surface area is 151 Å². The smallest absolute Gasteiger partial charge is 0.273 e. The fraction of sp³-hybridized carbons (Fsp3) is 0.250. The highest BCUT2D eigenvalue weighted by molar-refractivity contribution is 6.36. The first-order chi connectivity index (χ1) is 11.7. The highest BCUT2D eigenvalue weighted by Crippen LogP contribution is 2.30. The van der Waals surface area contributed by atoms with E-state index in [1.807, 2.05) is 13.8 Å². The Hall–Kier alpha value is -2.25. The van der Waals surface area contributed by atoms with Gasteiger partial charge in [-0.15, -0.1) is 0 Å². The summed E-state index contributed by atoms with van der Waals surface area (Å²) in [6, 6.07) is 1.69. The number of aromatic amines is 1. The van der Waals surface area contributed by atoms with Gasteiger partial charge in [-0.05, 0) is 24.5 Å². The number of rotatable bonds is 2. The van der Waals surface area contributed by atoms with Crippen LogP contribution in [0.1, 0.15) is 31.0 Å². The third-order valence-corrected chi connectivity index (χ3v) is 4.35. The Morgan fingerprint density at radius 1 is 1.24 bits per heavy atom. The number of hydrogen-bond acceptors (Lipinski definition) is 4. The molecule has 25 heavy (non-hydrogen) atoms. The average Bonchev–Trinajstić information content (AvgIpc) is 2.52. The summed E-state index contributed by atoms with van der Waals surface area (Å²) in [5.74, 6) is -1.05. The zero-order valence-corrected chi connectivity index (χ0v) is 15.0. The van der Waals surface area contributed by atoms with Crippen molar-refractivity contribution in [3.63, 3.8) is 0 Å². The number of aryl methyl sites for hydroxylation is 1. The Morgan fingerprint density at radius 3 is 2.56 bits per heavy atom. The summed E-state index contributed by atoms with van der Waals surface area (Å²) in [6.45, 7) is 5.54.